The van der Waals surface area contributed by atoms with E-state index in [-0.39, 0.29) is 12.2 Å². The molecule has 2 nitrogen and oxygen atoms in total. The monoisotopic (exact) mass is 254 g/mol. The molecule has 0 aliphatic carbocycles. The highest BCUT2D eigenvalue weighted by atomic mass is 35.5. The molecule has 0 N–H and O–H groups in total. The summed E-state index contributed by atoms with van der Waals surface area (Å²) in [5, 5.41) is 0.896. The van der Waals surface area contributed by atoms with Gasteiger partial charge in [-0.1, -0.05) is 23.2 Å². The van der Waals surface area contributed by atoms with Gasteiger partial charge >= 0.3 is 0 Å². The van der Waals surface area contributed by atoms with Crippen LogP contribution in [0, 0.1) is 0 Å². The van der Waals surface area contributed by atoms with Crippen molar-refractivity contribution in [2.45, 2.75) is 6.42 Å². The van der Waals surface area contributed by atoms with Gasteiger partial charge in [-0.25, -0.2) is 0 Å². The number of carbonyl (C=O) groups excluding carboxylic acids is 1. The summed E-state index contributed by atoms with van der Waals surface area (Å²) in [6.45, 7) is 0. The molecule has 0 aliphatic heterocycles. The topological polar surface area (TPSA) is 30.2 Å². The average molecular weight is 255 g/mol. The molecule has 0 saturated carbocycles. The smallest absolute Gasteiger partial charge is 0.171 e. The predicted molar refractivity (Wildman–Crippen MR) is 63.2 cm³/mol. The maximum atomic E-state index is 11.9. The van der Waals surface area contributed by atoms with E-state index >= 15 is 0 Å². The zero-order valence-corrected chi connectivity index (χ0v) is 9.76. The molecular formula is C12H8Cl2O2. The molecule has 16 heavy (non-hydrogen) atoms. The van der Waals surface area contributed by atoms with E-state index in [1.807, 2.05) is 0 Å². The molecule has 0 unspecified atom stereocenters. The molecular weight excluding hydrogens is 247 g/mol. The molecule has 1 heterocycles. The summed E-state index contributed by atoms with van der Waals surface area (Å²) in [6, 6.07) is 8.31. The number of ketones is 1. The standard InChI is InChI=1S/C12H8Cl2O2/c13-8-3-4-11(14)10(6-8)12(15)7-9-2-1-5-16-9/h1-6H,7H2. The molecule has 0 spiro atoms. The Labute approximate surface area is 103 Å². The summed E-state index contributed by atoms with van der Waals surface area (Å²) in [5.74, 6) is 0.503. The molecule has 0 bridgehead atoms. The molecule has 0 radical (unpaired) electrons. The van der Waals surface area contributed by atoms with Crippen LogP contribution in [0.1, 0.15) is 16.1 Å². The number of carbonyl (C=O) groups is 1. The van der Waals surface area contributed by atoms with Crippen LogP contribution in [0.25, 0.3) is 0 Å². The molecule has 82 valence electrons. The predicted octanol–water partition coefficient (Wildman–Crippen LogP) is 4.01. The Bertz CT molecular complexity index is 504. The van der Waals surface area contributed by atoms with Gasteiger partial charge in [-0.15, -0.1) is 0 Å². The highest BCUT2D eigenvalue weighted by Crippen LogP contribution is 2.22. The SMILES string of the molecule is O=C(Cc1ccco1)c1cc(Cl)ccc1Cl. The lowest BCUT2D eigenvalue weighted by Gasteiger charge is -2.02. The van der Waals surface area contributed by atoms with E-state index in [0.717, 1.165) is 0 Å². The summed E-state index contributed by atoms with van der Waals surface area (Å²) in [7, 11) is 0. The first kappa shape index (κ1) is 11.2. The molecule has 1 aromatic heterocycles. The molecule has 0 fully saturated rings. The summed E-state index contributed by atoms with van der Waals surface area (Å²) >= 11 is 11.7. The van der Waals surface area contributed by atoms with Crippen molar-refractivity contribution in [2.24, 2.45) is 0 Å². The Morgan fingerprint density at radius 2 is 2.06 bits per heavy atom. The number of rotatable bonds is 3. The van der Waals surface area contributed by atoms with E-state index in [1.54, 1.807) is 30.3 Å². The van der Waals surface area contributed by atoms with Gasteiger partial charge in [0.05, 0.1) is 17.7 Å². The maximum absolute atomic E-state index is 11.9. The van der Waals surface area contributed by atoms with Gasteiger partial charge in [0.15, 0.2) is 5.78 Å². The van der Waals surface area contributed by atoms with Crippen LogP contribution >= 0.6 is 23.2 Å². The lowest BCUT2D eigenvalue weighted by Crippen LogP contribution is -2.03. The fourth-order valence-electron chi connectivity index (χ4n) is 1.38. The van der Waals surface area contributed by atoms with Gasteiger partial charge in [0.1, 0.15) is 5.76 Å². The van der Waals surface area contributed by atoms with E-state index in [1.165, 1.54) is 6.26 Å². The molecule has 4 heteroatoms. The Morgan fingerprint density at radius 3 is 2.75 bits per heavy atom. The number of furan rings is 1. The van der Waals surface area contributed by atoms with E-state index in [2.05, 4.69) is 0 Å². The number of hydrogen-bond donors (Lipinski definition) is 0. The van der Waals surface area contributed by atoms with Crippen molar-refractivity contribution in [1.82, 2.24) is 0 Å². The Kier molecular flexibility index (Phi) is 3.32. The third-order valence-electron chi connectivity index (χ3n) is 2.14. The van der Waals surface area contributed by atoms with Gasteiger partial charge in [0, 0.05) is 10.6 Å². The lowest BCUT2D eigenvalue weighted by atomic mass is 10.1. The number of benzene rings is 1. The molecule has 2 rings (SSSR count). The van der Waals surface area contributed by atoms with E-state index in [9.17, 15) is 4.79 Å². The highest BCUT2D eigenvalue weighted by Gasteiger charge is 2.12. The zero-order chi connectivity index (χ0) is 11.5. The quantitative estimate of drug-likeness (QED) is 0.775. The minimum Gasteiger partial charge on any atom is -0.469 e. The summed E-state index contributed by atoms with van der Waals surface area (Å²) in [6.07, 6.45) is 1.72. The third kappa shape index (κ3) is 2.46. The van der Waals surface area contributed by atoms with E-state index in [0.29, 0.717) is 21.4 Å². The minimum absolute atomic E-state index is 0.109. The van der Waals surface area contributed by atoms with Crippen LogP contribution in [0.5, 0.6) is 0 Å². The van der Waals surface area contributed by atoms with Crippen LogP contribution in [-0.4, -0.2) is 5.78 Å². The zero-order valence-electron chi connectivity index (χ0n) is 8.24. The molecule has 0 amide bonds. The molecule has 2 aromatic rings. The summed E-state index contributed by atoms with van der Waals surface area (Å²) < 4.78 is 5.10. The van der Waals surface area contributed by atoms with Crippen LogP contribution < -0.4 is 0 Å². The van der Waals surface area contributed by atoms with Gasteiger partial charge in [-0.3, -0.25) is 4.79 Å². The van der Waals surface area contributed by atoms with Crippen LogP contribution in [-0.2, 0) is 6.42 Å². The fraction of sp³-hybridized carbons (Fsp3) is 0.0833. The first-order valence-electron chi connectivity index (χ1n) is 4.67. The van der Waals surface area contributed by atoms with Crippen molar-refractivity contribution in [2.75, 3.05) is 0 Å². The van der Waals surface area contributed by atoms with Crippen molar-refractivity contribution < 1.29 is 9.21 Å². The Morgan fingerprint density at radius 1 is 1.25 bits per heavy atom. The van der Waals surface area contributed by atoms with Gasteiger partial charge < -0.3 is 4.42 Å². The number of Topliss-reactive ketones (excluding diaryl/α,β-unsaturated/α-hetero) is 1. The third-order valence-corrected chi connectivity index (χ3v) is 2.71. The fourth-order valence-corrected chi connectivity index (χ4v) is 1.77. The maximum Gasteiger partial charge on any atom is 0.171 e. The largest absolute Gasteiger partial charge is 0.469 e. The van der Waals surface area contributed by atoms with Gasteiger partial charge in [0.25, 0.3) is 0 Å². The molecule has 0 saturated heterocycles. The number of hydrogen-bond acceptors (Lipinski definition) is 2. The van der Waals surface area contributed by atoms with Crippen molar-refractivity contribution >= 4 is 29.0 Å². The van der Waals surface area contributed by atoms with Crippen molar-refractivity contribution in [1.29, 1.82) is 0 Å². The van der Waals surface area contributed by atoms with Crippen molar-refractivity contribution in [3.05, 3.63) is 58.0 Å². The van der Waals surface area contributed by atoms with Crippen LogP contribution in [0.4, 0.5) is 0 Å². The van der Waals surface area contributed by atoms with E-state index in [4.69, 9.17) is 27.6 Å². The number of halogens is 2. The molecule has 1 aromatic carbocycles. The van der Waals surface area contributed by atoms with Crippen LogP contribution in [0.15, 0.2) is 41.0 Å². The first-order chi connectivity index (χ1) is 7.66. The second kappa shape index (κ2) is 4.73. The van der Waals surface area contributed by atoms with Crippen molar-refractivity contribution in [3.63, 3.8) is 0 Å². The lowest BCUT2D eigenvalue weighted by molar-refractivity contribution is 0.0987. The van der Waals surface area contributed by atoms with Gasteiger partial charge in [0.2, 0.25) is 0 Å². The van der Waals surface area contributed by atoms with Crippen LogP contribution in [0.3, 0.4) is 0 Å². The summed E-state index contributed by atoms with van der Waals surface area (Å²) in [4.78, 5) is 11.9. The Balaban J connectivity index is 2.24. The van der Waals surface area contributed by atoms with Gasteiger partial charge in [-0.05, 0) is 30.3 Å². The highest BCUT2D eigenvalue weighted by molar-refractivity contribution is 6.35. The van der Waals surface area contributed by atoms with Crippen LogP contribution in [0.2, 0.25) is 10.0 Å². The summed E-state index contributed by atoms with van der Waals surface area (Å²) in [5.41, 5.74) is 0.422. The average Bonchev–Trinajstić information content (AvgIpc) is 2.74. The second-order valence-electron chi connectivity index (χ2n) is 3.30. The first-order valence-corrected chi connectivity index (χ1v) is 5.43. The molecule has 0 atom stereocenters. The van der Waals surface area contributed by atoms with E-state index < -0.39 is 0 Å². The normalized spacial score (nSPS) is 10.4. The van der Waals surface area contributed by atoms with Crippen molar-refractivity contribution in [3.8, 4) is 0 Å². The minimum atomic E-state index is -0.109. The molecule has 0 aliphatic rings. The van der Waals surface area contributed by atoms with Gasteiger partial charge in [-0.2, -0.15) is 0 Å². The second-order valence-corrected chi connectivity index (χ2v) is 4.15. The Hall–Kier alpha value is -1.25.